The normalized spacial score (nSPS) is 27.0. The standard InChI is InChI=1S/C24H21N3O2/c28-23-20-21(17-9-2-1-3-10-17)25-14-7-15-26(25)22(20)24(29)27(23)19-13-6-11-16-8-4-5-12-18(16)19/h1-6,8-13,20-22H,7,14-15H2/t20-,21-,22+/m0/s1. The van der Waals surface area contributed by atoms with Crippen LogP contribution in [0.4, 0.5) is 5.69 Å². The predicted octanol–water partition coefficient (Wildman–Crippen LogP) is 3.38. The minimum atomic E-state index is -0.408. The van der Waals surface area contributed by atoms with Crippen LogP contribution in [0.25, 0.3) is 10.8 Å². The van der Waals surface area contributed by atoms with E-state index in [4.69, 9.17) is 0 Å². The molecule has 0 bridgehead atoms. The molecule has 3 fully saturated rings. The summed E-state index contributed by atoms with van der Waals surface area (Å²) >= 11 is 0. The summed E-state index contributed by atoms with van der Waals surface area (Å²) in [5, 5.41) is 6.37. The first-order chi connectivity index (χ1) is 14.3. The summed E-state index contributed by atoms with van der Waals surface area (Å²) in [7, 11) is 0. The number of amides is 2. The molecule has 3 heterocycles. The number of hydrazine groups is 1. The lowest BCUT2D eigenvalue weighted by molar-refractivity contribution is -0.126. The van der Waals surface area contributed by atoms with Crippen LogP contribution in [0.2, 0.25) is 0 Å². The number of nitrogens with zero attached hydrogens (tertiary/aromatic N) is 3. The molecule has 0 spiro atoms. The fourth-order valence-electron chi connectivity index (χ4n) is 5.40. The smallest absolute Gasteiger partial charge is 0.253 e. The molecule has 0 aliphatic carbocycles. The monoisotopic (exact) mass is 383 g/mol. The van der Waals surface area contributed by atoms with Crippen molar-refractivity contribution in [2.75, 3.05) is 18.0 Å². The Morgan fingerprint density at radius 1 is 0.690 bits per heavy atom. The Bertz CT molecular complexity index is 1120. The van der Waals surface area contributed by atoms with Gasteiger partial charge in [-0.25, -0.2) is 14.9 Å². The molecule has 0 N–H and O–H groups in total. The predicted molar refractivity (Wildman–Crippen MR) is 111 cm³/mol. The van der Waals surface area contributed by atoms with E-state index in [1.807, 2.05) is 60.7 Å². The van der Waals surface area contributed by atoms with Gasteiger partial charge in [0.1, 0.15) is 6.04 Å². The van der Waals surface area contributed by atoms with Crippen LogP contribution in [-0.2, 0) is 9.59 Å². The van der Waals surface area contributed by atoms with Gasteiger partial charge in [-0.2, -0.15) is 0 Å². The van der Waals surface area contributed by atoms with Crippen molar-refractivity contribution in [3.05, 3.63) is 78.4 Å². The number of rotatable bonds is 2. The molecule has 3 aromatic rings. The molecular weight excluding hydrogens is 362 g/mol. The van der Waals surface area contributed by atoms with Crippen LogP contribution >= 0.6 is 0 Å². The van der Waals surface area contributed by atoms with Crippen LogP contribution in [0, 0.1) is 5.92 Å². The van der Waals surface area contributed by atoms with E-state index in [0.717, 1.165) is 35.8 Å². The third-order valence-electron chi connectivity index (χ3n) is 6.55. The summed E-state index contributed by atoms with van der Waals surface area (Å²) in [6, 6.07) is 23.4. The lowest BCUT2D eigenvalue weighted by atomic mass is 9.90. The van der Waals surface area contributed by atoms with Gasteiger partial charge in [-0.15, -0.1) is 0 Å². The van der Waals surface area contributed by atoms with Crippen molar-refractivity contribution >= 4 is 28.3 Å². The van der Waals surface area contributed by atoms with Crippen molar-refractivity contribution in [1.29, 1.82) is 0 Å². The number of imide groups is 1. The van der Waals surface area contributed by atoms with Crippen molar-refractivity contribution in [3.63, 3.8) is 0 Å². The number of carbonyl (C=O) groups is 2. The molecule has 29 heavy (non-hydrogen) atoms. The molecule has 0 aromatic heterocycles. The van der Waals surface area contributed by atoms with Gasteiger partial charge in [-0.1, -0.05) is 66.7 Å². The van der Waals surface area contributed by atoms with Gasteiger partial charge in [0.2, 0.25) is 5.91 Å². The lowest BCUT2D eigenvalue weighted by Crippen LogP contribution is -2.44. The van der Waals surface area contributed by atoms with E-state index < -0.39 is 6.04 Å². The Morgan fingerprint density at radius 3 is 2.21 bits per heavy atom. The molecule has 144 valence electrons. The van der Waals surface area contributed by atoms with Crippen molar-refractivity contribution in [3.8, 4) is 0 Å². The van der Waals surface area contributed by atoms with Crippen LogP contribution in [0.1, 0.15) is 18.0 Å². The SMILES string of the molecule is O=C1[C@@H]2[C@H](C(=O)N1c1cccc3ccccc13)N1CCCN1[C@H]2c1ccccc1. The van der Waals surface area contributed by atoms with Crippen LogP contribution in [0.3, 0.4) is 0 Å². The summed E-state index contributed by atoms with van der Waals surface area (Å²) in [6.45, 7) is 1.72. The van der Waals surface area contributed by atoms with Gasteiger partial charge >= 0.3 is 0 Å². The first kappa shape index (κ1) is 16.9. The number of carbonyl (C=O) groups excluding carboxylic acids is 2. The Kier molecular flexibility index (Phi) is 3.63. The highest BCUT2D eigenvalue weighted by molar-refractivity contribution is 6.26. The van der Waals surface area contributed by atoms with Crippen LogP contribution in [0.5, 0.6) is 0 Å². The van der Waals surface area contributed by atoms with E-state index >= 15 is 0 Å². The van der Waals surface area contributed by atoms with Gasteiger partial charge in [0.25, 0.3) is 5.91 Å². The van der Waals surface area contributed by atoms with E-state index in [9.17, 15) is 9.59 Å². The number of fused-ring (bicyclic) bond motifs is 4. The number of hydrogen-bond donors (Lipinski definition) is 0. The van der Waals surface area contributed by atoms with Crippen molar-refractivity contribution in [2.24, 2.45) is 5.92 Å². The fraction of sp³-hybridized carbons (Fsp3) is 0.250. The van der Waals surface area contributed by atoms with Gasteiger partial charge in [0.05, 0.1) is 17.6 Å². The molecule has 3 saturated heterocycles. The maximum absolute atomic E-state index is 13.7. The average Bonchev–Trinajstić information content (AvgIpc) is 3.40. The summed E-state index contributed by atoms with van der Waals surface area (Å²) in [5.41, 5.74) is 1.80. The summed E-state index contributed by atoms with van der Waals surface area (Å²) in [4.78, 5) is 28.8. The number of anilines is 1. The molecule has 2 amide bonds. The summed E-state index contributed by atoms with van der Waals surface area (Å²) in [6.07, 6.45) is 1.02. The maximum Gasteiger partial charge on any atom is 0.253 e. The van der Waals surface area contributed by atoms with E-state index in [-0.39, 0.29) is 23.8 Å². The summed E-state index contributed by atoms with van der Waals surface area (Å²) in [5.74, 6) is -0.551. The van der Waals surface area contributed by atoms with E-state index in [1.54, 1.807) is 0 Å². The van der Waals surface area contributed by atoms with Gasteiger partial charge in [-0.05, 0) is 23.4 Å². The lowest BCUT2D eigenvalue weighted by Gasteiger charge is -2.30. The third kappa shape index (κ3) is 2.29. The topological polar surface area (TPSA) is 43.9 Å². The van der Waals surface area contributed by atoms with Crippen LogP contribution < -0.4 is 4.90 Å². The molecule has 0 radical (unpaired) electrons. The number of hydrogen-bond acceptors (Lipinski definition) is 4. The molecule has 0 unspecified atom stereocenters. The minimum Gasteiger partial charge on any atom is -0.274 e. The third-order valence-corrected chi connectivity index (χ3v) is 6.55. The van der Waals surface area contributed by atoms with Crippen LogP contribution in [0.15, 0.2) is 72.8 Å². The molecule has 6 rings (SSSR count). The summed E-state index contributed by atoms with van der Waals surface area (Å²) < 4.78 is 0. The zero-order chi connectivity index (χ0) is 19.5. The molecule has 3 atom stereocenters. The second-order valence-corrected chi connectivity index (χ2v) is 8.02. The average molecular weight is 383 g/mol. The van der Waals surface area contributed by atoms with Crippen molar-refractivity contribution < 1.29 is 9.59 Å². The quantitative estimate of drug-likeness (QED) is 0.637. The van der Waals surface area contributed by atoms with Gasteiger partial charge in [-0.3, -0.25) is 9.59 Å². The van der Waals surface area contributed by atoms with Crippen LogP contribution in [-0.4, -0.2) is 41.0 Å². The maximum atomic E-state index is 13.7. The van der Waals surface area contributed by atoms with E-state index in [2.05, 4.69) is 22.2 Å². The second kappa shape index (κ2) is 6.24. The van der Waals surface area contributed by atoms with Crippen molar-refractivity contribution in [2.45, 2.75) is 18.5 Å². The zero-order valence-corrected chi connectivity index (χ0v) is 15.9. The molecule has 3 aliphatic rings. The Morgan fingerprint density at radius 2 is 1.38 bits per heavy atom. The Balaban J connectivity index is 1.49. The van der Waals surface area contributed by atoms with Gasteiger partial charge < -0.3 is 0 Å². The van der Waals surface area contributed by atoms with E-state index in [1.165, 1.54) is 4.90 Å². The molecule has 3 aromatic carbocycles. The second-order valence-electron chi connectivity index (χ2n) is 8.02. The minimum absolute atomic E-state index is 0.0832. The molecule has 3 aliphatic heterocycles. The highest BCUT2D eigenvalue weighted by atomic mass is 16.2. The Hall–Kier alpha value is -3.02. The van der Waals surface area contributed by atoms with Crippen molar-refractivity contribution in [1.82, 2.24) is 10.0 Å². The number of benzene rings is 3. The highest BCUT2D eigenvalue weighted by Gasteiger charge is 2.62. The molecule has 5 heteroatoms. The molecule has 0 saturated carbocycles. The van der Waals surface area contributed by atoms with E-state index in [0.29, 0.717) is 5.69 Å². The largest absolute Gasteiger partial charge is 0.274 e. The molecular formula is C24H21N3O2. The highest BCUT2D eigenvalue weighted by Crippen LogP contribution is 2.49. The van der Waals surface area contributed by atoms with Gasteiger partial charge in [0, 0.05) is 18.5 Å². The fourth-order valence-corrected chi connectivity index (χ4v) is 5.40. The molecule has 5 nitrogen and oxygen atoms in total. The first-order valence-electron chi connectivity index (χ1n) is 10.2. The zero-order valence-electron chi connectivity index (χ0n) is 15.9. The van der Waals surface area contributed by atoms with Gasteiger partial charge in [0.15, 0.2) is 0 Å². The first-order valence-corrected chi connectivity index (χ1v) is 10.2. The Labute approximate surface area is 169 Å².